The van der Waals surface area contributed by atoms with E-state index in [-0.39, 0.29) is 5.92 Å². The van der Waals surface area contributed by atoms with E-state index in [2.05, 4.69) is 16.4 Å². The van der Waals surface area contributed by atoms with Gasteiger partial charge in [0.15, 0.2) is 0 Å². The second-order valence-corrected chi connectivity index (χ2v) is 4.33. The van der Waals surface area contributed by atoms with E-state index in [4.69, 9.17) is 10.00 Å². The Morgan fingerprint density at radius 2 is 2.47 bits per heavy atom. The van der Waals surface area contributed by atoms with Gasteiger partial charge in [-0.05, 0) is 18.9 Å². The third kappa shape index (κ3) is 2.75. The van der Waals surface area contributed by atoms with Gasteiger partial charge in [0.2, 0.25) is 5.88 Å². The molecule has 2 rings (SSSR count). The van der Waals surface area contributed by atoms with Crippen LogP contribution < -0.4 is 10.1 Å². The fourth-order valence-electron chi connectivity index (χ4n) is 2.34. The fraction of sp³-hybridized carbons (Fsp3) is 0.538. The van der Waals surface area contributed by atoms with Crippen LogP contribution in [0, 0.1) is 17.2 Å². The van der Waals surface area contributed by atoms with Crippen LogP contribution >= 0.6 is 0 Å². The third-order valence-electron chi connectivity index (χ3n) is 3.28. The Bertz CT molecular complexity index is 413. The van der Waals surface area contributed by atoms with Gasteiger partial charge in [-0.15, -0.1) is 0 Å². The molecule has 90 valence electrons. The molecule has 1 aliphatic carbocycles. The van der Waals surface area contributed by atoms with Crippen LogP contribution in [0.3, 0.4) is 0 Å². The third-order valence-corrected chi connectivity index (χ3v) is 3.28. The average molecular weight is 231 g/mol. The molecule has 0 amide bonds. The van der Waals surface area contributed by atoms with E-state index in [0.29, 0.717) is 18.5 Å². The molecule has 4 heteroatoms. The lowest BCUT2D eigenvalue weighted by Gasteiger charge is -2.16. The van der Waals surface area contributed by atoms with Crippen molar-refractivity contribution in [2.24, 2.45) is 5.92 Å². The summed E-state index contributed by atoms with van der Waals surface area (Å²) in [4.78, 5) is 4.15. The number of hydrogen-bond donors (Lipinski definition) is 1. The Kier molecular flexibility index (Phi) is 3.94. The van der Waals surface area contributed by atoms with Gasteiger partial charge in [0.1, 0.15) is 0 Å². The lowest BCUT2D eigenvalue weighted by Crippen LogP contribution is -2.31. The molecule has 1 N–H and O–H groups in total. The quantitative estimate of drug-likeness (QED) is 0.859. The first-order chi connectivity index (χ1) is 8.35. The van der Waals surface area contributed by atoms with Crippen LogP contribution in [0.2, 0.25) is 0 Å². The Morgan fingerprint density at radius 1 is 1.59 bits per heavy atom. The van der Waals surface area contributed by atoms with Crippen molar-refractivity contribution in [3.05, 3.63) is 23.9 Å². The molecule has 1 aromatic rings. The molecular weight excluding hydrogens is 214 g/mol. The number of aromatic nitrogens is 1. The average Bonchev–Trinajstić information content (AvgIpc) is 2.84. The van der Waals surface area contributed by atoms with Crippen molar-refractivity contribution in [2.75, 3.05) is 7.11 Å². The summed E-state index contributed by atoms with van der Waals surface area (Å²) in [6.45, 7) is 0.708. The van der Waals surface area contributed by atoms with Crippen molar-refractivity contribution < 1.29 is 4.74 Å². The maximum atomic E-state index is 9.01. The number of nitriles is 1. The summed E-state index contributed by atoms with van der Waals surface area (Å²) in [5, 5.41) is 12.4. The Labute approximate surface area is 102 Å². The van der Waals surface area contributed by atoms with Crippen LogP contribution in [-0.4, -0.2) is 18.1 Å². The van der Waals surface area contributed by atoms with E-state index in [1.165, 1.54) is 0 Å². The minimum Gasteiger partial charge on any atom is -0.481 e. The molecule has 1 aliphatic rings. The first-order valence-corrected chi connectivity index (χ1v) is 5.96. The summed E-state index contributed by atoms with van der Waals surface area (Å²) in [6, 6.07) is 6.57. The smallest absolute Gasteiger partial charge is 0.217 e. The molecule has 0 aromatic carbocycles. The van der Waals surface area contributed by atoms with Crippen LogP contribution in [0.5, 0.6) is 5.88 Å². The summed E-state index contributed by atoms with van der Waals surface area (Å²) >= 11 is 0. The molecule has 0 bridgehead atoms. The molecule has 1 fully saturated rings. The van der Waals surface area contributed by atoms with Gasteiger partial charge in [0.25, 0.3) is 0 Å². The number of rotatable bonds is 4. The van der Waals surface area contributed by atoms with Crippen molar-refractivity contribution >= 4 is 0 Å². The second-order valence-electron chi connectivity index (χ2n) is 4.33. The monoisotopic (exact) mass is 231 g/mol. The highest BCUT2D eigenvalue weighted by atomic mass is 16.5. The molecular formula is C13H17N3O. The lowest BCUT2D eigenvalue weighted by molar-refractivity contribution is 0.385. The van der Waals surface area contributed by atoms with Gasteiger partial charge >= 0.3 is 0 Å². The van der Waals surface area contributed by atoms with Gasteiger partial charge in [-0.2, -0.15) is 5.26 Å². The largest absolute Gasteiger partial charge is 0.481 e. The van der Waals surface area contributed by atoms with E-state index in [1.54, 1.807) is 13.3 Å². The standard InChI is InChI=1S/C13H17N3O/c1-17-13-11(5-3-7-15-13)9-16-12-6-2-4-10(12)8-14/h3,5,7,10,12,16H,2,4,6,9H2,1H3. The molecule has 4 nitrogen and oxygen atoms in total. The number of methoxy groups -OCH3 is 1. The SMILES string of the molecule is COc1ncccc1CNC1CCCC1C#N. The number of nitrogens with one attached hydrogen (secondary N) is 1. The minimum atomic E-state index is 0.151. The van der Waals surface area contributed by atoms with E-state index < -0.39 is 0 Å². The molecule has 1 saturated carbocycles. The normalized spacial score (nSPS) is 23.3. The van der Waals surface area contributed by atoms with Gasteiger partial charge in [-0.3, -0.25) is 0 Å². The molecule has 0 aliphatic heterocycles. The molecule has 0 radical (unpaired) electrons. The molecule has 0 spiro atoms. The number of hydrogen-bond acceptors (Lipinski definition) is 4. The van der Waals surface area contributed by atoms with Gasteiger partial charge in [0, 0.05) is 24.3 Å². The van der Waals surface area contributed by atoms with E-state index in [1.807, 2.05) is 12.1 Å². The van der Waals surface area contributed by atoms with E-state index >= 15 is 0 Å². The highest BCUT2D eigenvalue weighted by Gasteiger charge is 2.26. The van der Waals surface area contributed by atoms with Crippen molar-refractivity contribution in [3.8, 4) is 11.9 Å². The zero-order valence-corrected chi connectivity index (χ0v) is 10.0. The molecule has 0 saturated heterocycles. The van der Waals surface area contributed by atoms with Gasteiger partial charge < -0.3 is 10.1 Å². The topological polar surface area (TPSA) is 57.9 Å². The van der Waals surface area contributed by atoms with Crippen LogP contribution in [0.1, 0.15) is 24.8 Å². The van der Waals surface area contributed by atoms with Crippen molar-refractivity contribution in [3.63, 3.8) is 0 Å². The second kappa shape index (κ2) is 5.65. The Morgan fingerprint density at radius 3 is 3.24 bits per heavy atom. The molecule has 1 aromatic heterocycles. The van der Waals surface area contributed by atoms with Crippen molar-refractivity contribution in [1.29, 1.82) is 5.26 Å². The van der Waals surface area contributed by atoms with Crippen LogP contribution in [-0.2, 0) is 6.54 Å². The zero-order chi connectivity index (χ0) is 12.1. The molecule has 1 heterocycles. The Balaban J connectivity index is 1.96. The van der Waals surface area contributed by atoms with Crippen LogP contribution in [0.15, 0.2) is 18.3 Å². The first kappa shape index (κ1) is 11.9. The van der Waals surface area contributed by atoms with Gasteiger partial charge in [-0.25, -0.2) is 4.98 Å². The minimum absolute atomic E-state index is 0.151. The maximum absolute atomic E-state index is 9.01. The van der Waals surface area contributed by atoms with Crippen LogP contribution in [0.4, 0.5) is 0 Å². The Hall–Kier alpha value is -1.60. The van der Waals surface area contributed by atoms with Gasteiger partial charge in [-0.1, -0.05) is 12.5 Å². The number of nitrogens with zero attached hydrogens (tertiary/aromatic N) is 2. The van der Waals surface area contributed by atoms with E-state index in [0.717, 1.165) is 24.8 Å². The predicted molar refractivity (Wildman–Crippen MR) is 64.4 cm³/mol. The van der Waals surface area contributed by atoms with E-state index in [9.17, 15) is 0 Å². The molecule has 17 heavy (non-hydrogen) atoms. The summed E-state index contributed by atoms with van der Waals surface area (Å²) in [5.41, 5.74) is 1.04. The highest BCUT2D eigenvalue weighted by Crippen LogP contribution is 2.25. The lowest BCUT2D eigenvalue weighted by atomic mass is 10.1. The number of ether oxygens (including phenoxy) is 1. The summed E-state index contributed by atoms with van der Waals surface area (Å²) in [5.74, 6) is 0.809. The summed E-state index contributed by atoms with van der Waals surface area (Å²) < 4.78 is 5.20. The number of pyridine rings is 1. The first-order valence-electron chi connectivity index (χ1n) is 5.96. The maximum Gasteiger partial charge on any atom is 0.217 e. The summed E-state index contributed by atoms with van der Waals surface area (Å²) in [6.07, 6.45) is 4.95. The highest BCUT2D eigenvalue weighted by molar-refractivity contribution is 5.25. The fourth-order valence-corrected chi connectivity index (χ4v) is 2.34. The predicted octanol–water partition coefficient (Wildman–Crippen LogP) is 1.87. The molecule has 2 unspecified atom stereocenters. The zero-order valence-electron chi connectivity index (χ0n) is 10.0. The van der Waals surface area contributed by atoms with Crippen LogP contribution in [0.25, 0.3) is 0 Å². The van der Waals surface area contributed by atoms with Crippen molar-refractivity contribution in [1.82, 2.24) is 10.3 Å². The van der Waals surface area contributed by atoms with Crippen molar-refractivity contribution in [2.45, 2.75) is 31.8 Å². The summed E-state index contributed by atoms with van der Waals surface area (Å²) in [7, 11) is 1.62. The van der Waals surface area contributed by atoms with Gasteiger partial charge in [0.05, 0.1) is 19.1 Å². The molecule has 2 atom stereocenters.